The highest BCUT2D eigenvalue weighted by Crippen LogP contribution is 2.26. The molecule has 3 N–H and O–H groups in total. The molecule has 4 nitrogen and oxygen atoms in total. The molecule has 2 rings (SSSR count). The maximum absolute atomic E-state index is 10.2. The molecule has 0 aliphatic carbocycles. The van der Waals surface area contributed by atoms with Gasteiger partial charge in [0.05, 0.1) is 5.60 Å². The zero-order chi connectivity index (χ0) is 12.8. The van der Waals surface area contributed by atoms with Gasteiger partial charge in [-0.3, -0.25) is 4.99 Å². The number of rotatable bonds is 4. The molecule has 0 bridgehead atoms. The SMILES string of the molecule is CN=C(NCc1ccsc1)NCC1(O)CCSC1. The first kappa shape index (κ1) is 13.7. The minimum Gasteiger partial charge on any atom is -0.387 e. The Morgan fingerprint density at radius 3 is 3.06 bits per heavy atom. The van der Waals surface area contributed by atoms with Crippen LogP contribution in [0.5, 0.6) is 0 Å². The molecular weight excluding hydrogens is 266 g/mol. The number of nitrogens with one attached hydrogen (secondary N) is 2. The fourth-order valence-corrected chi connectivity index (χ4v) is 3.75. The molecule has 1 unspecified atom stereocenters. The van der Waals surface area contributed by atoms with Crippen LogP contribution >= 0.6 is 23.1 Å². The number of thioether (sulfide) groups is 1. The summed E-state index contributed by atoms with van der Waals surface area (Å²) in [5.41, 5.74) is 0.670. The summed E-state index contributed by atoms with van der Waals surface area (Å²) in [6.07, 6.45) is 0.853. The molecule has 2 heterocycles. The number of hydrogen-bond donors (Lipinski definition) is 3. The van der Waals surface area contributed by atoms with Gasteiger partial charge in [-0.15, -0.1) is 0 Å². The van der Waals surface area contributed by atoms with E-state index in [1.807, 2.05) is 0 Å². The third kappa shape index (κ3) is 3.90. The van der Waals surface area contributed by atoms with Crippen molar-refractivity contribution in [2.45, 2.75) is 18.6 Å². The molecule has 100 valence electrons. The van der Waals surface area contributed by atoms with Gasteiger partial charge in [0.25, 0.3) is 0 Å². The van der Waals surface area contributed by atoms with Crippen molar-refractivity contribution >= 4 is 29.1 Å². The molecule has 6 heteroatoms. The van der Waals surface area contributed by atoms with Crippen molar-refractivity contribution in [2.75, 3.05) is 25.1 Å². The van der Waals surface area contributed by atoms with E-state index in [4.69, 9.17) is 0 Å². The lowest BCUT2D eigenvalue weighted by atomic mass is 10.0. The molecular formula is C12H19N3OS2. The predicted octanol–water partition coefficient (Wildman–Crippen LogP) is 1.28. The van der Waals surface area contributed by atoms with E-state index in [9.17, 15) is 5.11 Å². The van der Waals surface area contributed by atoms with Crippen LogP contribution < -0.4 is 10.6 Å². The Balaban J connectivity index is 1.75. The zero-order valence-electron chi connectivity index (χ0n) is 10.5. The van der Waals surface area contributed by atoms with E-state index in [0.29, 0.717) is 6.54 Å². The molecule has 1 fully saturated rings. The van der Waals surface area contributed by atoms with E-state index in [2.05, 4.69) is 32.5 Å². The standard InChI is InChI=1S/C12H19N3OS2/c1-13-11(14-6-10-2-4-17-7-10)15-8-12(16)3-5-18-9-12/h2,4,7,16H,3,5-6,8-9H2,1H3,(H2,13,14,15). The van der Waals surface area contributed by atoms with Crippen molar-refractivity contribution < 1.29 is 5.11 Å². The Kier molecular flexibility index (Phi) is 4.91. The second kappa shape index (κ2) is 6.45. The van der Waals surface area contributed by atoms with Crippen LogP contribution in [0.3, 0.4) is 0 Å². The molecule has 0 spiro atoms. The second-order valence-electron chi connectivity index (χ2n) is 4.44. The smallest absolute Gasteiger partial charge is 0.191 e. The lowest BCUT2D eigenvalue weighted by molar-refractivity contribution is 0.0724. The van der Waals surface area contributed by atoms with Crippen LogP contribution in [0.4, 0.5) is 0 Å². The van der Waals surface area contributed by atoms with Crippen molar-refractivity contribution in [3.63, 3.8) is 0 Å². The normalized spacial score (nSPS) is 24.2. The van der Waals surface area contributed by atoms with Gasteiger partial charge in [-0.25, -0.2) is 0 Å². The monoisotopic (exact) mass is 285 g/mol. The minimum atomic E-state index is -0.579. The summed E-state index contributed by atoms with van der Waals surface area (Å²) < 4.78 is 0. The zero-order valence-corrected chi connectivity index (χ0v) is 12.1. The molecule has 1 aliphatic rings. The summed E-state index contributed by atoms with van der Waals surface area (Å²) in [6.45, 7) is 1.32. The van der Waals surface area contributed by atoms with E-state index in [1.165, 1.54) is 5.56 Å². The number of nitrogens with zero attached hydrogens (tertiary/aromatic N) is 1. The molecule has 1 atom stereocenters. The van der Waals surface area contributed by atoms with Crippen molar-refractivity contribution in [3.8, 4) is 0 Å². The number of guanidine groups is 1. The highest BCUT2D eigenvalue weighted by molar-refractivity contribution is 7.99. The number of thiophene rings is 1. The molecule has 0 saturated carbocycles. The summed E-state index contributed by atoms with van der Waals surface area (Å²) in [7, 11) is 1.75. The predicted molar refractivity (Wildman–Crippen MR) is 79.4 cm³/mol. The van der Waals surface area contributed by atoms with Crippen LogP contribution in [0.15, 0.2) is 21.8 Å². The topological polar surface area (TPSA) is 56.7 Å². The molecule has 1 aromatic heterocycles. The first-order valence-electron chi connectivity index (χ1n) is 5.98. The molecule has 1 saturated heterocycles. The van der Waals surface area contributed by atoms with Gasteiger partial charge in [-0.2, -0.15) is 23.1 Å². The Morgan fingerprint density at radius 2 is 2.44 bits per heavy atom. The lowest BCUT2D eigenvalue weighted by Gasteiger charge is -2.23. The lowest BCUT2D eigenvalue weighted by Crippen LogP contribution is -2.47. The fraction of sp³-hybridized carbons (Fsp3) is 0.583. The molecule has 1 aromatic rings. The summed E-state index contributed by atoms with van der Waals surface area (Å²) in [4.78, 5) is 4.16. The highest BCUT2D eigenvalue weighted by Gasteiger charge is 2.31. The minimum absolute atomic E-state index is 0.559. The van der Waals surface area contributed by atoms with Crippen LogP contribution in [-0.4, -0.2) is 41.8 Å². The van der Waals surface area contributed by atoms with Crippen LogP contribution in [0, 0.1) is 0 Å². The largest absolute Gasteiger partial charge is 0.387 e. The first-order chi connectivity index (χ1) is 8.72. The quantitative estimate of drug-likeness (QED) is 0.576. The molecule has 0 amide bonds. The van der Waals surface area contributed by atoms with E-state index in [0.717, 1.165) is 30.4 Å². The number of aliphatic imine (C=N–C) groups is 1. The molecule has 0 radical (unpaired) electrons. The van der Waals surface area contributed by atoms with Crippen LogP contribution in [-0.2, 0) is 6.54 Å². The molecule has 1 aliphatic heterocycles. The third-order valence-corrected chi connectivity index (χ3v) is 4.90. The van der Waals surface area contributed by atoms with Gasteiger partial charge in [-0.05, 0) is 34.6 Å². The third-order valence-electron chi connectivity index (χ3n) is 2.93. The fourth-order valence-electron chi connectivity index (χ4n) is 1.78. The van der Waals surface area contributed by atoms with Crippen molar-refractivity contribution in [1.82, 2.24) is 10.6 Å². The average molecular weight is 285 g/mol. The summed E-state index contributed by atoms with van der Waals surface area (Å²) in [5, 5.41) is 20.8. The maximum atomic E-state index is 10.2. The van der Waals surface area contributed by atoms with E-state index in [-0.39, 0.29) is 0 Å². The Bertz CT molecular complexity index is 386. The summed E-state index contributed by atoms with van der Waals surface area (Å²) >= 11 is 3.49. The Morgan fingerprint density at radius 1 is 1.56 bits per heavy atom. The Hall–Kier alpha value is -0.720. The van der Waals surface area contributed by atoms with Crippen LogP contribution in [0.2, 0.25) is 0 Å². The van der Waals surface area contributed by atoms with Crippen molar-refractivity contribution in [3.05, 3.63) is 22.4 Å². The van der Waals surface area contributed by atoms with E-state index >= 15 is 0 Å². The van der Waals surface area contributed by atoms with Crippen LogP contribution in [0.25, 0.3) is 0 Å². The summed E-state index contributed by atoms with van der Waals surface area (Å²) in [6, 6.07) is 2.09. The number of hydrogen-bond acceptors (Lipinski definition) is 4. The van der Waals surface area contributed by atoms with Crippen molar-refractivity contribution in [2.24, 2.45) is 4.99 Å². The first-order valence-corrected chi connectivity index (χ1v) is 8.07. The second-order valence-corrected chi connectivity index (χ2v) is 6.32. The van der Waals surface area contributed by atoms with Gasteiger partial charge in [0, 0.05) is 25.9 Å². The van der Waals surface area contributed by atoms with Gasteiger partial charge < -0.3 is 15.7 Å². The van der Waals surface area contributed by atoms with E-state index in [1.54, 1.807) is 30.1 Å². The van der Waals surface area contributed by atoms with E-state index < -0.39 is 5.60 Å². The maximum Gasteiger partial charge on any atom is 0.191 e. The van der Waals surface area contributed by atoms with Gasteiger partial charge in [0.2, 0.25) is 0 Å². The Labute approximate surface area is 116 Å². The average Bonchev–Trinajstić information content (AvgIpc) is 3.01. The van der Waals surface area contributed by atoms with Gasteiger partial charge in [-0.1, -0.05) is 0 Å². The van der Waals surface area contributed by atoms with Gasteiger partial charge in [0.15, 0.2) is 5.96 Å². The summed E-state index contributed by atoms with van der Waals surface area (Å²) in [5.74, 6) is 2.59. The van der Waals surface area contributed by atoms with Crippen molar-refractivity contribution in [1.29, 1.82) is 0 Å². The highest BCUT2D eigenvalue weighted by atomic mass is 32.2. The van der Waals surface area contributed by atoms with Gasteiger partial charge in [0.1, 0.15) is 0 Å². The number of aliphatic hydroxyl groups is 1. The van der Waals surface area contributed by atoms with Gasteiger partial charge >= 0.3 is 0 Å². The van der Waals surface area contributed by atoms with Crippen LogP contribution in [0.1, 0.15) is 12.0 Å². The molecule has 0 aromatic carbocycles. The molecule has 18 heavy (non-hydrogen) atoms.